The zero-order valence-electron chi connectivity index (χ0n) is 15.3. The Morgan fingerprint density at radius 3 is 2.54 bits per heavy atom. The number of pyridine rings is 1. The lowest BCUT2D eigenvalue weighted by Gasteiger charge is -2.32. The van der Waals surface area contributed by atoms with Gasteiger partial charge in [-0.2, -0.15) is 4.57 Å². The van der Waals surface area contributed by atoms with Crippen LogP contribution in [0, 0.1) is 12.7 Å². The predicted octanol–water partition coefficient (Wildman–Crippen LogP) is 3.15. The molecule has 0 bridgehead atoms. The van der Waals surface area contributed by atoms with Gasteiger partial charge in [-0.25, -0.2) is 4.39 Å². The summed E-state index contributed by atoms with van der Waals surface area (Å²) >= 11 is 0. The summed E-state index contributed by atoms with van der Waals surface area (Å²) in [4.78, 5) is 27.6. The molecule has 0 unspecified atom stereocenters. The van der Waals surface area contributed by atoms with Gasteiger partial charge in [0.2, 0.25) is 18.3 Å². The summed E-state index contributed by atoms with van der Waals surface area (Å²) in [6.45, 7) is 2.02. The average molecular weight is 376 g/mol. The van der Waals surface area contributed by atoms with Gasteiger partial charge in [-0.1, -0.05) is 24.3 Å². The summed E-state index contributed by atoms with van der Waals surface area (Å²) in [5, 5.41) is 2.93. The number of carbonyl (C=O) groups is 2. The van der Waals surface area contributed by atoms with Crippen LogP contribution in [0.5, 0.6) is 0 Å². The molecule has 0 spiro atoms. The molecule has 2 heterocycles. The Morgan fingerprint density at radius 1 is 1.07 bits per heavy atom. The van der Waals surface area contributed by atoms with Crippen molar-refractivity contribution < 1.29 is 18.5 Å². The fraction of sp³-hybridized carbons (Fsp3) is 0.136. The van der Waals surface area contributed by atoms with Gasteiger partial charge in [0, 0.05) is 23.5 Å². The van der Waals surface area contributed by atoms with E-state index in [9.17, 15) is 14.0 Å². The van der Waals surface area contributed by atoms with Crippen LogP contribution in [0.4, 0.5) is 15.8 Å². The second kappa shape index (κ2) is 7.23. The maximum absolute atomic E-state index is 13.4. The quantitative estimate of drug-likeness (QED) is 0.714. The molecule has 140 valence electrons. The number of amides is 2. The number of anilines is 2. The lowest BCUT2D eigenvalue weighted by atomic mass is 10.0. The molecule has 1 N–H and O–H groups in total. The molecule has 3 aromatic rings. The van der Waals surface area contributed by atoms with Crippen molar-refractivity contribution in [1.29, 1.82) is 0 Å². The largest absolute Gasteiger partial charge is 0.324 e. The van der Waals surface area contributed by atoms with Crippen LogP contribution in [-0.2, 0) is 16.1 Å². The minimum absolute atomic E-state index is 0.113. The van der Waals surface area contributed by atoms with E-state index in [1.165, 1.54) is 29.2 Å². The van der Waals surface area contributed by atoms with Crippen LogP contribution in [-0.4, -0.2) is 11.8 Å². The molecule has 0 saturated carbocycles. The van der Waals surface area contributed by atoms with Gasteiger partial charge in [0.15, 0.2) is 6.20 Å². The Morgan fingerprint density at radius 2 is 1.79 bits per heavy atom. The zero-order chi connectivity index (χ0) is 19.7. The molecule has 1 atom stereocenters. The molecule has 1 aromatic heterocycles. The number of hydrogen-bond acceptors (Lipinski definition) is 2. The van der Waals surface area contributed by atoms with Crippen molar-refractivity contribution in [2.24, 2.45) is 0 Å². The molecule has 0 radical (unpaired) electrons. The second-order valence-corrected chi connectivity index (χ2v) is 6.70. The molecule has 6 heteroatoms. The second-order valence-electron chi connectivity index (χ2n) is 6.70. The van der Waals surface area contributed by atoms with Crippen molar-refractivity contribution in [3.05, 3.63) is 90.0 Å². The van der Waals surface area contributed by atoms with Crippen molar-refractivity contribution in [2.75, 3.05) is 10.2 Å². The number of aryl methyl sites for hydroxylation is 1. The number of halogens is 1. The first-order valence-electron chi connectivity index (χ1n) is 8.97. The predicted molar refractivity (Wildman–Crippen MR) is 103 cm³/mol. The summed E-state index contributed by atoms with van der Waals surface area (Å²) in [6, 6.07) is 17.7. The first-order chi connectivity index (χ1) is 13.5. The Bertz CT molecular complexity index is 1050. The van der Waals surface area contributed by atoms with Crippen molar-refractivity contribution in [3.63, 3.8) is 0 Å². The van der Waals surface area contributed by atoms with Crippen molar-refractivity contribution in [1.82, 2.24) is 0 Å². The highest BCUT2D eigenvalue weighted by Crippen LogP contribution is 2.30. The van der Waals surface area contributed by atoms with Crippen molar-refractivity contribution in [3.8, 4) is 0 Å². The van der Waals surface area contributed by atoms with Gasteiger partial charge in [0.1, 0.15) is 5.82 Å². The van der Waals surface area contributed by atoms with E-state index >= 15 is 0 Å². The molecule has 0 aliphatic carbocycles. The molecule has 4 rings (SSSR count). The van der Waals surface area contributed by atoms with Crippen LogP contribution >= 0.6 is 0 Å². The maximum Gasteiger partial charge on any atom is 0.294 e. The number of benzene rings is 2. The van der Waals surface area contributed by atoms with Crippen LogP contribution in [0.25, 0.3) is 0 Å². The van der Waals surface area contributed by atoms with Gasteiger partial charge in [-0.3, -0.25) is 14.5 Å². The van der Waals surface area contributed by atoms with E-state index in [1.54, 1.807) is 10.8 Å². The minimum atomic E-state index is -0.868. The van der Waals surface area contributed by atoms with Gasteiger partial charge < -0.3 is 5.32 Å². The number of nitrogens with one attached hydrogen (secondary N) is 1. The lowest BCUT2D eigenvalue weighted by Crippen LogP contribution is -2.58. The van der Waals surface area contributed by atoms with E-state index in [-0.39, 0.29) is 18.4 Å². The number of fused-ring (bicyclic) bond motifs is 1. The van der Waals surface area contributed by atoms with Crippen LogP contribution in [0.15, 0.2) is 72.9 Å². The van der Waals surface area contributed by atoms with Gasteiger partial charge >= 0.3 is 0 Å². The molecule has 0 fully saturated rings. The van der Waals surface area contributed by atoms with E-state index < -0.39 is 11.9 Å². The summed E-state index contributed by atoms with van der Waals surface area (Å²) in [5.74, 6) is -0.962. The topological polar surface area (TPSA) is 53.3 Å². The summed E-state index contributed by atoms with van der Waals surface area (Å²) < 4.78 is 15.2. The Labute approximate surface area is 162 Å². The first kappa shape index (κ1) is 17.9. The van der Waals surface area contributed by atoms with Crippen LogP contribution < -0.4 is 14.8 Å². The lowest BCUT2D eigenvalue weighted by molar-refractivity contribution is -0.695. The van der Waals surface area contributed by atoms with Gasteiger partial charge in [-0.15, -0.1) is 0 Å². The Balaban J connectivity index is 1.78. The molecule has 5 nitrogen and oxygen atoms in total. The standard InChI is InChI=1S/C22H18FN3O2/c1-15-6-2-3-7-18(15)24-22(28)21-19-8-4-5-13-25(19)14-20(27)26(21)17-11-9-16(23)10-12-17/h2-13,21H,14H2,1H3/p+1/t21-/m1/s1. The van der Waals surface area contributed by atoms with Crippen LogP contribution in [0.3, 0.4) is 0 Å². The highest BCUT2D eigenvalue weighted by atomic mass is 19.1. The summed E-state index contributed by atoms with van der Waals surface area (Å²) in [5.41, 5.74) is 2.78. The maximum atomic E-state index is 13.4. The van der Waals surface area contributed by atoms with E-state index in [1.807, 2.05) is 49.4 Å². The molecule has 2 amide bonds. The van der Waals surface area contributed by atoms with E-state index in [0.29, 0.717) is 17.1 Å². The third-order valence-electron chi connectivity index (χ3n) is 4.84. The molecule has 1 aliphatic rings. The minimum Gasteiger partial charge on any atom is -0.324 e. The Hall–Kier alpha value is -3.54. The molecule has 28 heavy (non-hydrogen) atoms. The smallest absolute Gasteiger partial charge is 0.294 e. The van der Waals surface area contributed by atoms with E-state index in [0.717, 1.165) is 5.56 Å². The molecule has 2 aromatic carbocycles. The van der Waals surface area contributed by atoms with E-state index in [2.05, 4.69) is 5.32 Å². The molecular weight excluding hydrogens is 357 g/mol. The summed E-state index contributed by atoms with van der Waals surface area (Å²) in [6.07, 6.45) is 1.78. The van der Waals surface area contributed by atoms with Gasteiger partial charge in [0.05, 0.1) is 0 Å². The number of carbonyl (C=O) groups excluding carboxylic acids is 2. The van der Waals surface area contributed by atoms with Crippen LogP contribution in [0.1, 0.15) is 17.3 Å². The van der Waals surface area contributed by atoms with Gasteiger partial charge in [0.25, 0.3) is 11.8 Å². The fourth-order valence-electron chi connectivity index (χ4n) is 3.44. The molecule has 0 saturated heterocycles. The first-order valence-corrected chi connectivity index (χ1v) is 8.97. The number of rotatable bonds is 3. The third kappa shape index (κ3) is 3.24. The number of hydrogen-bond donors (Lipinski definition) is 1. The fourth-order valence-corrected chi connectivity index (χ4v) is 3.44. The third-order valence-corrected chi connectivity index (χ3v) is 4.84. The normalized spacial score (nSPS) is 15.9. The highest BCUT2D eigenvalue weighted by molar-refractivity contribution is 6.05. The number of nitrogens with zero attached hydrogens (tertiary/aromatic N) is 2. The summed E-state index contributed by atoms with van der Waals surface area (Å²) in [7, 11) is 0. The molecule has 1 aliphatic heterocycles. The van der Waals surface area contributed by atoms with E-state index in [4.69, 9.17) is 0 Å². The highest BCUT2D eigenvalue weighted by Gasteiger charge is 2.43. The van der Waals surface area contributed by atoms with Gasteiger partial charge in [-0.05, 0) is 42.8 Å². The number of aromatic nitrogens is 1. The van der Waals surface area contributed by atoms with Crippen molar-refractivity contribution in [2.45, 2.75) is 19.5 Å². The average Bonchev–Trinajstić information content (AvgIpc) is 2.69. The monoisotopic (exact) mass is 376 g/mol. The zero-order valence-corrected chi connectivity index (χ0v) is 15.3. The Kier molecular flexibility index (Phi) is 4.61. The number of para-hydroxylation sites is 1. The van der Waals surface area contributed by atoms with Crippen molar-refractivity contribution >= 4 is 23.2 Å². The molecular formula is C22H19FN3O2+. The SMILES string of the molecule is Cc1ccccc1NC(=O)[C@H]1c2cccc[n+]2CC(=O)N1c1ccc(F)cc1. The van der Waals surface area contributed by atoms with Crippen LogP contribution in [0.2, 0.25) is 0 Å².